The lowest BCUT2D eigenvalue weighted by molar-refractivity contribution is -0.145. The van der Waals surface area contributed by atoms with E-state index in [1.54, 1.807) is 19.1 Å². The molecule has 0 spiro atoms. The van der Waals surface area contributed by atoms with Crippen molar-refractivity contribution in [2.45, 2.75) is 38.7 Å². The van der Waals surface area contributed by atoms with E-state index in [-0.39, 0.29) is 18.0 Å². The second kappa shape index (κ2) is 7.68. The second-order valence-corrected chi connectivity index (χ2v) is 6.48. The predicted octanol–water partition coefficient (Wildman–Crippen LogP) is 3.68. The minimum absolute atomic E-state index is 0.108. The number of hydrogen-bond donors (Lipinski definition) is 0. The van der Waals surface area contributed by atoms with Gasteiger partial charge in [-0.2, -0.15) is 0 Å². The molecule has 3 rings (SSSR count). The molecule has 26 heavy (non-hydrogen) atoms. The minimum atomic E-state index is -0.884. The van der Waals surface area contributed by atoms with Crippen molar-refractivity contribution in [3.05, 3.63) is 64.5 Å². The number of halogens is 1. The Balaban J connectivity index is 1.61. The lowest BCUT2D eigenvalue weighted by Gasteiger charge is -2.13. The van der Waals surface area contributed by atoms with E-state index in [0.29, 0.717) is 11.1 Å². The van der Waals surface area contributed by atoms with Gasteiger partial charge in [-0.3, -0.25) is 9.59 Å². The molecule has 1 atom stereocenters. The van der Waals surface area contributed by atoms with Crippen LogP contribution in [0.15, 0.2) is 36.4 Å². The summed E-state index contributed by atoms with van der Waals surface area (Å²) in [6.45, 7) is 1.56. The molecule has 0 bridgehead atoms. The molecule has 1 aliphatic rings. The molecule has 2 aromatic rings. The Morgan fingerprint density at radius 1 is 1.12 bits per heavy atom. The van der Waals surface area contributed by atoms with Gasteiger partial charge in [-0.25, -0.2) is 4.39 Å². The summed E-state index contributed by atoms with van der Waals surface area (Å²) in [7, 11) is 1.37. The number of fused-ring (bicyclic) bond motifs is 1. The highest BCUT2D eigenvalue weighted by Crippen LogP contribution is 2.24. The number of Topliss-reactive ketones (excluding diaryl/α,β-unsaturated/α-hetero) is 1. The first-order valence-electron chi connectivity index (χ1n) is 8.66. The van der Waals surface area contributed by atoms with E-state index in [1.165, 1.54) is 30.4 Å². The summed E-state index contributed by atoms with van der Waals surface area (Å²) in [6, 6.07) is 9.94. The number of esters is 1. The number of hydrogen-bond acceptors (Lipinski definition) is 4. The lowest BCUT2D eigenvalue weighted by Crippen LogP contribution is -2.25. The van der Waals surface area contributed by atoms with Gasteiger partial charge in [-0.1, -0.05) is 18.2 Å². The fourth-order valence-corrected chi connectivity index (χ4v) is 3.24. The predicted molar refractivity (Wildman–Crippen MR) is 95.0 cm³/mol. The highest BCUT2D eigenvalue weighted by atomic mass is 19.1. The van der Waals surface area contributed by atoms with Crippen LogP contribution < -0.4 is 4.74 Å². The lowest BCUT2D eigenvalue weighted by atomic mass is 10.0. The molecular formula is C21H21FO4. The fourth-order valence-electron chi connectivity index (χ4n) is 3.24. The summed E-state index contributed by atoms with van der Waals surface area (Å²) in [5, 5.41) is 0. The molecule has 4 nitrogen and oxygen atoms in total. The maximum Gasteiger partial charge on any atom is 0.310 e. The van der Waals surface area contributed by atoms with Crippen LogP contribution in [0.5, 0.6) is 5.75 Å². The van der Waals surface area contributed by atoms with Gasteiger partial charge in [0.1, 0.15) is 0 Å². The second-order valence-electron chi connectivity index (χ2n) is 6.48. The normalized spacial score (nSPS) is 13.8. The number of carbonyl (C=O) groups is 2. The summed E-state index contributed by atoms with van der Waals surface area (Å²) in [6.07, 6.45) is 2.14. The van der Waals surface area contributed by atoms with E-state index >= 15 is 0 Å². The molecule has 2 aromatic carbocycles. The quantitative estimate of drug-likeness (QED) is 0.585. The third-order valence-electron chi connectivity index (χ3n) is 4.63. The highest BCUT2D eigenvalue weighted by molar-refractivity contribution is 6.00. The maximum atomic E-state index is 13.7. The zero-order chi connectivity index (χ0) is 18.7. The molecule has 1 unspecified atom stereocenters. The first-order valence-corrected chi connectivity index (χ1v) is 8.66. The van der Waals surface area contributed by atoms with Crippen molar-refractivity contribution in [3.63, 3.8) is 0 Å². The van der Waals surface area contributed by atoms with Crippen LogP contribution in [0.1, 0.15) is 40.4 Å². The minimum Gasteiger partial charge on any atom is -0.494 e. The number of ether oxygens (including phenoxy) is 2. The molecule has 0 aliphatic heterocycles. The van der Waals surface area contributed by atoms with Crippen LogP contribution in [0.3, 0.4) is 0 Å². The number of benzene rings is 2. The Bertz CT molecular complexity index is 844. The van der Waals surface area contributed by atoms with Crippen LogP contribution in [0, 0.1) is 5.82 Å². The fraction of sp³-hybridized carbons (Fsp3) is 0.333. The Labute approximate surface area is 151 Å². The van der Waals surface area contributed by atoms with Crippen molar-refractivity contribution in [1.29, 1.82) is 0 Å². The van der Waals surface area contributed by atoms with Gasteiger partial charge in [0.2, 0.25) is 5.78 Å². The summed E-state index contributed by atoms with van der Waals surface area (Å²) >= 11 is 0. The van der Waals surface area contributed by atoms with Gasteiger partial charge in [-0.15, -0.1) is 0 Å². The van der Waals surface area contributed by atoms with Crippen molar-refractivity contribution in [2.24, 2.45) is 0 Å². The molecule has 1 aliphatic carbocycles. The Morgan fingerprint density at radius 3 is 2.62 bits per heavy atom. The third-order valence-corrected chi connectivity index (χ3v) is 4.63. The van der Waals surface area contributed by atoms with Gasteiger partial charge < -0.3 is 9.47 Å². The number of ketones is 1. The van der Waals surface area contributed by atoms with Crippen molar-refractivity contribution in [2.75, 3.05) is 7.11 Å². The van der Waals surface area contributed by atoms with E-state index in [1.807, 2.05) is 12.1 Å². The van der Waals surface area contributed by atoms with Gasteiger partial charge in [-0.05, 0) is 61.1 Å². The molecule has 0 amide bonds. The van der Waals surface area contributed by atoms with E-state index in [2.05, 4.69) is 0 Å². The van der Waals surface area contributed by atoms with E-state index in [4.69, 9.17) is 9.47 Å². The zero-order valence-corrected chi connectivity index (χ0v) is 14.9. The monoisotopic (exact) mass is 356 g/mol. The van der Waals surface area contributed by atoms with Crippen molar-refractivity contribution in [1.82, 2.24) is 0 Å². The topological polar surface area (TPSA) is 52.6 Å². The Hall–Kier alpha value is -2.69. The smallest absolute Gasteiger partial charge is 0.310 e. The van der Waals surface area contributed by atoms with E-state index in [9.17, 15) is 14.0 Å². The van der Waals surface area contributed by atoms with Crippen LogP contribution in [-0.2, 0) is 28.8 Å². The van der Waals surface area contributed by atoms with Crippen molar-refractivity contribution in [3.8, 4) is 5.75 Å². The molecule has 0 saturated carbocycles. The van der Waals surface area contributed by atoms with Crippen LogP contribution in [0.4, 0.5) is 4.39 Å². The van der Waals surface area contributed by atoms with Gasteiger partial charge in [0.25, 0.3) is 0 Å². The number of aryl methyl sites for hydroxylation is 2. The molecule has 5 heteroatoms. The Kier molecular flexibility index (Phi) is 5.35. The van der Waals surface area contributed by atoms with Crippen molar-refractivity contribution >= 4 is 11.8 Å². The van der Waals surface area contributed by atoms with Gasteiger partial charge in [0.05, 0.1) is 13.5 Å². The summed E-state index contributed by atoms with van der Waals surface area (Å²) in [5.41, 5.74) is 3.50. The van der Waals surface area contributed by atoms with Gasteiger partial charge in [0.15, 0.2) is 17.7 Å². The molecule has 0 saturated heterocycles. The van der Waals surface area contributed by atoms with Crippen LogP contribution in [0.25, 0.3) is 0 Å². The number of rotatable bonds is 6. The molecule has 0 aromatic heterocycles. The SMILES string of the molecule is COc1ccc(CC(=O)OC(C)C(=O)c2ccc3c(c2)CCC3)cc1F. The molecule has 0 fully saturated rings. The summed E-state index contributed by atoms with van der Waals surface area (Å²) < 4.78 is 23.8. The maximum absolute atomic E-state index is 13.7. The molecule has 0 radical (unpaired) electrons. The highest BCUT2D eigenvalue weighted by Gasteiger charge is 2.22. The molecular weight excluding hydrogens is 335 g/mol. The van der Waals surface area contributed by atoms with E-state index in [0.717, 1.165) is 19.3 Å². The molecule has 136 valence electrons. The average Bonchev–Trinajstić information content (AvgIpc) is 3.08. The van der Waals surface area contributed by atoms with Gasteiger partial charge >= 0.3 is 5.97 Å². The van der Waals surface area contributed by atoms with Crippen LogP contribution in [-0.4, -0.2) is 25.0 Å². The zero-order valence-electron chi connectivity index (χ0n) is 14.9. The van der Waals surface area contributed by atoms with E-state index < -0.39 is 17.9 Å². The summed E-state index contributed by atoms with van der Waals surface area (Å²) in [4.78, 5) is 24.6. The largest absolute Gasteiger partial charge is 0.494 e. The first kappa shape index (κ1) is 18.1. The standard InChI is InChI=1S/C21H21FO4/c1-13(21(24)17-8-7-15-4-3-5-16(15)12-17)26-20(23)11-14-6-9-19(25-2)18(22)10-14/h6-10,12-13H,3-5,11H2,1-2H3. The van der Waals surface area contributed by atoms with Crippen LogP contribution in [0.2, 0.25) is 0 Å². The number of carbonyl (C=O) groups excluding carboxylic acids is 2. The van der Waals surface area contributed by atoms with Crippen LogP contribution >= 0.6 is 0 Å². The summed E-state index contributed by atoms with van der Waals surface area (Å²) in [5.74, 6) is -1.23. The number of methoxy groups -OCH3 is 1. The van der Waals surface area contributed by atoms with Crippen molar-refractivity contribution < 1.29 is 23.5 Å². The molecule has 0 N–H and O–H groups in total. The first-order chi connectivity index (χ1) is 12.5. The molecule has 0 heterocycles. The average molecular weight is 356 g/mol. The van der Waals surface area contributed by atoms with Gasteiger partial charge in [0, 0.05) is 5.56 Å². The third kappa shape index (κ3) is 3.93. The Morgan fingerprint density at radius 2 is 1.88 bits per heavy atom.